The minimum absolute atomic E-state index is 0.190. The fourth-order valence-corrected chi connectivity index (χ4v) is 2.71. The van der Waals surface area contributed by atoms with Crippen LogP contribution in [0.15, 0.2) is 17.0 Å². The smallest absolute Gasteiger partial charge is 0.166 e. The van der Waals surface area contributed by atoms with Crippen LogP contribution in [0.25, 0.3) is 0 Å². The van der Waals surface area contributed by atoms with Gasteiger partial charge in [0.1, 0.15) is 0 Å². The number of anilines is 1. The Hall–Kier alpha value is -0.960. The highest BCUT2D eigenvalue weighted by Crippen LogP contribution is 2.35. The summed E-state index contributed by atoms with van der Waals surface area (Å²) in [4.78, 5) is 12.6. The largest absolute Gasteiger partial charge is 0.398 e. The number of Topliss-reactive ketones (excluding diaryl/α,β-unsaturated/α-hetero) is 1. The molecule has 0 spiro atoms. The van der Waals surface area contributed by atoms with Gasteiger partial charge in [-0.25, -0.2) is 0 Å². The van der Waals surface area contributed by atoms with E-state index in [1.807, 2.05) is 19.1 Å². The summed E-state index contributed by atoms with van der Waals surface area (Å²) in [5.74, 6) is 1.07. The lowest BCUT2D eigenvalue weighted by Gasteiger charge is -2.17. The molecule has 68 valence electrons. The lowest BCUT2D eigenvalue weighted by molar-refractivity contribution is 0.0985. The van der Waals surface area contributed by atoms with E-state index in [9.17, 15) is 4.79 Å². The Bertz CT molecular complexity index is 373. The molecule has 2 N–H and O–H groups in total. The van der Waals surface area contributed by atoms with Crippen molar-refractivity contribution in [2.45, 2.75) is 18.2 Å². The second-order valence-corrected chi connectivity index (χ2v) is 4.30. The zero-order valence-electron chi connectivity index (χ0n) is 7.46. The molecule has 0 amide bonds. The van der Waals surface area contributed by atoms with Gasteiger partial charge in [-0.2, -0.15) is 0 Å². The number of hydrogen-bond donors (Lipinski definition) is 1. The topological polar surface area (TPSA) is 43.1 Å². The number of thioether (sulfide) groups is 1. The highest BCUT2D eigenvalue weighted by molar-refractivity contribution is 7.99. The van der Waals surface area contributed by atoms with Gasteiger partial charge in [-0.3, -0.25) is 4.79 Å². The number of benzene rings is 1. The number of rotatable bonds is 0. The van der Waals surface area contributed by atoms with Gasteiger partial charge in [-0.15, -0.1) is 11.8 Å². The number of carbonyl (C=O) groups excluding carboxylic acids is 1. The molecule has 0 radical (unpaired) electrons. The Kier molecular flexibility index (Phi) is 2.04. The molecule has 3 heteroatoms. The lowest BCUT2D eigenvalue weighted by atomic mass is 10.0. The van der Waals surface area contributed by atoms with Crippen LogP contribution in [0, 0.1) is 6.92 Å². The highest BCUT2D eigenvalue weighted by atomic mass is 32.2. The molecule has 2 nitrogen and oxygen atoms in total. The highest BCUT2D eigenvalue weighted by Gasteiger charge is 2.21. The Morgan fingerprint density at radius 2 is 2.23 bits per heavy atom. The number of ketones is 1. The number of carbonyl (C=O) groups is 1. The van der Waals surface area contributed by atoms with Crippen molar-refractivity contribution in [1.82, 2.24) is 0 Å². The first kappa shape index (κ1) is 8.63. The van der Waals surface area contributed by atoms with Gasteiger partial charge in [0, 0.05) is 22.8 Å². The average molecular weight is 193 g/mol. The third kappa shape index (κ3) is 1.33. The van der Waals surface area contributed by atoms with Gasteiger partial charge in [0.2, 0.25) is 0 Å². The number of hydrogen-bond acceptors (Lipinski definition) is 3. The van der Waals surface area contributed by atoms with E-state index in [4.69, 9.17) is 5.73 Å². The SMILES string of the molecule is Cc1ccc(N)c2c1SCCC2=O. The fraction of sp³-hybridized carbons (Fsp3) is 0.300. The van der Waals surface area contributed by atoms with Gasteiger partial charge in [0.05, 0.1) is 5.56 Å². The van der Waals surface area contributed by atoms with Crippen molar-refractivity contribution >= 4 is 23.2 Å². The minimum atomic E-state index is 0.190. The lowest BCUT2D eigenvalue weighted by Crippen LogP contribution is -2.12. The molecule has 1 aliphatic heterocycles. The van der Waals surface area contributed by atoms with E-state index in [-0.39, 0.29) is 5.78 Å². The zero-order valence-corrected chi connectivity index (χ0v) is 8.28. The summed E-state index contributed by atoms with van der Waals surface area (Å²) in [6.07, 6.45) is 0.616. The second kappa shape index (κ2) is 3.07. The van der Waals surface area contributed by atoms with Crippen LogP contribution in [0.3, 0.4) is 0 Å². The molecule has 2 rings (SSSR count). The van der Waals surface area contributed by atoms with Crippen LogP contribution < -0.4 is 5.73 Å². The third-order valence-electron chi connectivity index (χ3n) is 2.24. The first-order chi connectivity index (χ1) is 6.20. The maximum atomic E-state index is 11.6. The summed E-state index contributed by atoms with van der Waals surface area (Å²) in [7, 11) is 0. The van der Waals surface area contributed by atoms with Crippen molar-refractivity contribution in [3.8, 4) is 0 Å². The van der Waals surface area contributed by atoms with E-state index in [2.05, 4.69) is 0 Å². The van der Waals surface area contributed by atoms with Gasteiger partial charge in [0.15, 0.2) is 5.78 Å². The van der Waals surface area contributed by atoms with Crippen molar-refractivity contribution < 1.29 is 4.79 Å². The van der Waals surface area contributed by atoms with E-state index in [1.54, 1.807) is 11.8 Å². The Labute approximate surface area is 81.5 Å². The van der Waals surface area contributed by atoms with Crippen LogP contribution in [-0.4, -0.2) is 11.5 Å². The second-order valence-electron chi connectivity index (χ2n) is 3.20. The summed E-state index contributed by atoms with van der Waals surface area (Å²) in [5.41, 5.74) is 8.29. The predicted molar refractivity (Wildman–Crippen MR) is 55.3 cm³/mol. The van der Waals surface area contributed by atoms with Gasteiger partial charge in [-0.05, 0) is 18.6 Å². The molecule has 1 aliphatic rings. The zero-order chi connectivity index (χ0) is 9.42. The van der Waals surface area contributed by atoms with Crippen LogP contribution in [0.4, 0.5) is 5.69 Å². The summed E-state index contributed by atoms with van der Waals surface area (Å²) < 4.78 is 0. The first-order valence-corrected chi connectivity index (χ1v) is 5.24. The molecule has 0 saturated carbocycles. The Morgan fingerprint density at radius 3 is 2.92 bits per heavy atom. The number of fused-ring (bicyclic) bond motifs is 1. The fourth-order valence-electron chi connectivity index (χ4n) is 1.55. The van der Waals surface area contributed by atoms with Crippen LogP contribution in [0.2, 0.25) is 0 Å². The molecular weight excluding hydrogens is 182 g/mol. The first-order valence-electron chi connectivity index (χ1n) is 4.25. The quantitative estimate of drug-likeness (QED) is 0.643. The van der Waals surface area contributed by atoms with Gasteiger partial charge < -0.3 is 5.73 Å². The third-order valence-corrected chi connectivity index (χ3v) is 3.46. The Morgan fingerprint density at radius 1 is 1.46 bits per heavy atom. The molecule has 0 saturated heterocycles. The Balaban J connectivity index is 2.67. The molecule has 1 aromatic rings. The van der Waals surface area contributed by atoms with Gasteiger partial charge in [0.25, 0.3) is 0 Å². The van der Waals surface area contributed by atoms with Crippen LogP contribution >= 0.6 is 11.8 Å². The van der Waals surface area contributed by atoms with Crippen molar-refractivity contribution in [2.75, 3.05) is 11.5 Å². The molecule has 1 heterocycles. The standard InChI is InChI=1S/C10H11NOS/c1-6-2-3-7(11)9-8(12)4-5-13-10(6)9/h2-3H,4-5,11H2,1H3. The molecule has 0 fully saturated rings. The number of nitrogen functional groups attached to an aromatic ring is 1. The van der Waals surface area contributed by atoms with Crippen molar-refractivity contribution in [1.29, 1.82) is 0 Å². The van der Waals surface area contributed by atoms with Gasteiger partial charge >= 0.3 is 0 Å². The maximum Gasteiger partial charge on any atom is 0.166 e. The molecule has 0 atom stereocenters. The normalized spacial score (nSPS) is 15.6. The van der Waals surface area contributed by atoms with E-state index in [0.29, 0.717) is 12.1 Å². The van der Waals surface area contributed by atoms with Crippen LogP contribution in [0.1, 0.15) is 22.3 Å². The molecule has 0 aliphatic carbocycles. The number of nitrogens with two attached hydrogens (primary N) is 1. The molecule has 0 unspecified atom stereocenters. The van der Waals surface area contributed by atoms with Gasteiger partial charge in [-0.1, -0.05) is 6.07 Å². The summed E-state index contributed by atoms with van der Waals surface area (Å²) in [5, 5.41) is 0. The van der Waals surface area contributed by atoms with E-state index in [0.717, 1.165) is 21.8 Å². The molecule has 0 aromatic heterocycles. The molecule has 0 bridgehead atoms. The van der Waals surface area contributed by atoms with Crippen LogP contribution in [-0.2, 0) is 0 Å². The summed E-state index contributed by atoms with van der Waals surface area (Å²) >= 11 is 1.73. The van der Waals surface area contributed by atoms with Crippen molar-refractivity contribution in [2.24, 2.45) is 0 Å². The summed E-state index contributed by atoms with van der Waals surface area (Å²) in [6, 6.07) is 3.79. The number of aryl methyl sites for hydroxylation is 1. The summed E-state index contributed by atoms with van der Waals surface area (Å²) in [6.45, 7) is 2.02. The molecule has 13 heavy (non-hydrogen) atoms. The van der Waals surface area contributed by atoms with Crippen molar-refractivity contribution in [3.05, 3.63) is 23.3 Å². The monoisotopic (exact) mass is 193 g/mol. The maximum absolute atomic E-state index is 11.6. The predicted octanol–water partition coefficient (Wildman–Crippen LogP) is 2.26. The average Bonchev–Trinajstić information content (AvgIpc) is 2.12. The molecule has 1 aromatic carbocycles. The minimum Gasteiger partial charge on any atom is -0.398 e. The van der Waals surface area contributed by atoms with Crippen LogP contribution in [0.5, 0.6) is 0 Å². The molecular formula is C10H11NOS. The van der Waals surface area contributed by atoms with Crippen molar-refractivity contribution in [3.63, 3.8) is 0 Å². The van der Waals surface area contributed by atoms with E-state index >= 15 is 0 Å². The van der Waals surface area contributed by atoms with E-state index < -0.39 is 0 Å². The van der Waals surface area contributed by atoms with E-state index in [1.165, 1.54) is 0 Å².